The third-order valence-corrected chi connectivity index (χ3v) is 4.37. The molecule has 1 aromatic carbocycles. The van der Waals surface area contributed by atoms with Crippen LogP contribution < -0.4 is 10.2 Å². The lowest BCUT2D eigenvalue weighted by molar-refractivity contribution is -0.120. The fourth-order valence-electron chi connectivity index (χ4n) is 2.90. The third-order valence-electron chi connectivity index (χ3n) is 4.37. The molecule has 2 amide bonds. The minimum absolute atomic E-state index is 0.122. The van der Waals surface area contributed by atoms with Crippen LogP contribution >= 0.6 is 0 Å². The van der Waals surface area contributed by atoms with Crippen molar-refractivity contribution in [2.24, 2.45) is 0 Å². The number of carbonyl (C=O) groups is 2. The highest BCUT2D eigenvalue weighted by atomic mass is 19.1. The Hall–Kier alpha value is -3.21. The Bertz CT molecular complexity index is 939. The molecule has 8 heteroatoms. The Balaban J connectivity index is 1.81. The summed E-state index contributed by atoms with van der Waals surface area (Å²) in [6, 6.07) is 6.42. The second-order valence-corrected chi connectivity index (χ2v) is 7.41. The Morgan fingerprint density at radius 2 is 2.15 bits per heavy atom. The number of nitriles is 1. The Morgan fingerprint density at radius 3 is 2.74 bits per heavy atom. The molecule has 27 heavy (non-hydrogen) atoms. The van der Waals surface area contributed by atoms with E-state index in [4.69, 9.17) is 9.78 Å². The number of hydrogen-bond donors (Lipinski definition) is 1. The van der Waals surface area contributed by atoms with Gasteiger partial charge < -0.3 is 9.84 Å². The quantitative estimate of drug-likeness (QED) is 0.895. The van der Waals surface area contributed by atoms with E-state index in [1.165, 1.54) is 17.0 Å². The van der Waals surface area contributed by atoms with Crippen LogP contribution in [0.25, 0.3) is 0 Å². The zero-order valence-electron chi connectivity index (χ0n) is 15.2. The molecule has 2 aromatic rings. The summed E-state index contributed by atoms with van der Waals surface area (Å²) in [5.41, 5.74) is -0.140. The SMILES string of the molecule is CC(C)(C)c1cc(NC(=O)C2CCC(=O)N2c2ccc(C#N)c(F)c2)no1. The van der Waals surface area contributed by atoms with Gasteiger partial charge in [0.25, 0.3) is 0 Å². The number of carbonyl (C=O) groups excluding carboxylic acids is 2. The predicted octanol–water partition coefficient (Wildman–Crippen LogP) is 3.12. The smallest absolute Gasteiger partial charge is 0.248 e. The van der Waals surface area contributed by atoms with Crippen molar-refractivity contribution >= 4 is 23.3 Å². The summed E-state index contributed by atoms with van der Waals surface area (Å²) in [7, 11) is 0. The molecule has 1 fully saturated rings. The Morgan fingerprint density at radius 1 is 1.41 bits per heavy atom. The summed E-state index contributed by atoms with van der Waals surface area (Å²) < 4.78 is 19.2. The first-order chi connectivity index (χ1) is 12.7. The normalized spacial score (nSPS) is 17.1. The lowest BCUT2D eigenvalue weighted by atomic mass is 9.93. The van der Waals surface area contributed by atoms with Gasteiger partial charge in [-0.3, -0.25) is 14.5 Å². The van der Waals surface area contributed by atoms with Crippen LogP contribution in [0.5, 0.6) is 0 Å². The van der Waals surface area contributed by atoms with Gasteiger partial charge >= 0.3 is 0 Å². The molecule has 1 atom stereocenters. The van der Waals surface area contributed by atoms with Gasteiger partial charge in [0.15, 0.2) is 5.82 Å². The Labute approximate surface area is 155 Å². The van der Waals surface area contributed by atoms with Gasteiger partial charge in [-0.15, -0.1) is 0 Å². The lowest BCUT2D eigenvalue weighted by Gasteiger charge is -2.24. The molecule has 1 aromatic heterocycles. The number of hydrogen-bond acceptors (Lipinski definition) is 5. The minimum atomic E-state index is -0.792. The van der Waals surface area contributed by atoms with E-state index in [2.05, 4.69) is 10.5 Å². The van der Waals surface area contributed by atoms with Gasteiger partial charge in [0.2, 0.25) is 11.8 Å². The fourth-order valence-corrected chi connectivity index (χ4v) is 2.90. The molecule has 140 valence electrons. The molecule has 2 heterocycles. The highest BCUT2D eigenvalue weighted by Crippen LogP contribution is 2.29. The second-order valence-electron chi connectivity index (χ2n) is 7.41. The molecule has 0 radical (unpaired) electrons. The number of nitrogens with zero attached hydrogens (tertiary/aromatic N) is 3. The number of halogens is 1. The molecular weight excluding hydrogens is 351 g/mol. The van der Waals surface area contributed by atoms with Crippen LogP contribution in [-0.4, -0.2) is 23.0 Å². The van der Waals surface area contributed by atoms with Gasteiger partial charge in [-0.25, -0.2) is 4.39 Å². The number of amides is 2. The summed E-state index contributed by atoms with van der Waals surface area (Å²) in [4.78, 5) is 26.2. The molecule has 0 aliphatic carbocycles. The number of rotatable bonds is 3. The van der Waals surface area contributed by atoms with E-state index in [-0.39, 0.29) is 34.8 Å². The molecule has 7 nitrogen and oxygen atoms in total. The standard InChI is InChI=1S/C19H19FN4O3/c1-19(2,3)15-9-16(23-27-15)22-18(26)14-6-7-17(25)24(14)12-5-4-11(10-21)13(20)8-12/h4-5,8-9,14H,6-7H2,1-3H3,(H,22,23,26). The average Bonchev–Trinajstić information content (AvgIpc) is 3.21. The van der Waals surface area contributed by atoms with Crippen molar-refractivity contribution in [1.29, 1.82) is 5.26 Å². The van der Waals surface area contributed by atoms with E-state index < -0.39 is 17.8 Å². The first kappa shape index (κ1) is 18.6. The van der Waals surface area contributed by atoms with E-state index >= 15 is 0 Å². The molecule has 1 aliphatic rings. The zero-order chi connectivity index (χ0) is 19.8. The van der Waals surface area contributed by atoms with Crippen LogP contribution in [0.4, 0.5) is 15.9 Å². The highest BCUT2D eigenvalue weighted by Gasteiger charge is 2.37. The van der Waals surface area contributed by atoms with Gasteiger partial charge in [-0.2, -0.15) is 5.26 Å². The average molecular weight is 370 g/mol. The molecule has 0 saturated carbocycles. The number of aromatic nitrogens is 1. The largest absolute Gasteiger partial charge is 0.359 e. The molecule has 0 bridgehead atoms. The summed E-state index contributed by atoms with van der Waals surface area (Å²) in [6.07, 6.45) is 0.474. The number of benzene rings is 1. The van der Waals surface area contributed by atoms with Crippen LogP contribution in [0.15, 0.2) is 28.8 Å². The zero-order valence-corrected chi connectivity index (χ0v) is 15.2. The van der Waals surface area contributed by atoms with E-state index in [9.17, 15) is 14.0 Å². The molecule has 1 N–H and O–H groups in total. The summed E-state index contributed by atoms with van der Waals surface area (Å²) >= 11 is 0. The van der Waals surface area contributed by atoms with Crippen molar-refractivity contribution in [3.05, 3.63) is 41.4 Å². The van der Waals surface area contributed by atoms with Crippen molar-refractivity contribution < 1.29 is 18.5 Å². The van der Waals surface area contributed by atoms with Crippen LogP contribution in [0.2, 0.25) is 0 Å². The van der Waals surface area contributed by atoms with Crippen molar-refractivity contribution in [2.45, 2.75) is 45.1 Å². The first-order valence-corrected chi connectivity index (χ1v) is 8.50. The van der Waals surface area contributed by atoms with Gasteiger partial charge in [0.05, 0.1) is 5.56 Å². The Kier molecular flexibility index (Phi) is 4.70. The number of nitrogens with one attached hydrogen (secondary N) is 1. The lowest BCUT2D eigenvalue weighted by Crippen LogP contribution is -2.41. The van der Waals surface area contributed by atoms with Gasteiger partial charge in [0.1, 0.15) is 23.7 Å². The van der Waals surface area contributed by atoms with Crippen molar-refractivity contribution in [3.63, 3.8) is 0 Å². The van der Waals surface area contributed by atoms with Crippen LogP contribution in [0.1, 0.15) is 44.9 Å². The maximum absolute atomic E-state index is 13.9. The van der Waals surface area contributed by atoms with E-state index in [1.54, 1.807) is 12.1 Å². The number of anilines is 2. The summed E-state index contributed by atoms with van der Waals surface area (Å²) in [6.45, 7) is 5.86. The molecule has 1 aliphatic heterocycles. The van der Waals surface area contributed by atoms with Crippen molar-refractivity contribution in [1.82, 2.24) is 5.16 Å². The monoisotopic (exact) mass is 370 g/mol. The highest BCUT2D eigenvalue weighted by molar-refractivity contribution is 6.07. The van der Waals surface area contributed by atoms with Crippen LogP contribution in [-0.2, 0) is 15.0 Å². The molecule has 3 rings (SSSR count). The molecule has 1 saturated heterocycles. The van der Waals surface area contributed by atoms with Gasteiger partial charge in [-0.05, 0) is 24.6 Å². The van der Waals surface area contributed by atoms with Gasteiger partial charge in [-0.1, -0.05) is 25.9 Å². The van der Waals surface area contributed by atoms with Crippen LogP contribution in [0, 0.1) is 17.1 Å². The van der Waals surface area contributed by atoms with Crippen molar-refractivity contribution in [3.8, 4) is 6.07 Å². The maximum Gasteiger partial charge on any atom is 0.248 e. The van der Waals surface area contributed by atoms with E-state index in [0.717, 1.165) is 6.07 Å². The van der Waals surface area contributed by atoms with Crippen LogP contribution in [0.3, 0.4) is 0 Å². The van der Waals surface area contributed by atoms with E-state index in [0.29, 0.717) is 12.2 Å². The fraction of sp³-hybridized carbons (Fsp3) is 0.368. The molecular formula is C19H19FN4O3. The third kappa shape index (κ3) is 3.67. The topological polar surface area (TPSA) is 99.2 Å². The summed E-state index contributed by atoms with van der Waals surface area (Å²) in [5.74, 6) is -0.573. The molecule has 0 spiro atoms. The predicted molar refractivity (Wildman–Crippen MR) is 95.5 cm³/mol. The minimum Gasteiger partial charge on any atom is -0.359 e. The molecule has 1 unspecified atom stereocenters. The first-order valence-electron chi connectivity index (χ1n) is 8.50. The van der Waals surface area contributed by atoms with E-state index in [1.807, 2.05) is 20.8 Å². The van der Waals surface area contributed by atoms with Gasteiger partial charge in [0, 0.05) is 23.6 Å². The van der Waals surface area contributed by atoms with Crippen molar-refractivity contribution in [2.75, 3.05) is 10.2 Å². The second kappa shape index (κ2) is 6.83. The summed E-state index contributed by atoms with van der Waals surface area (Å²) in [5, 5.41) is 15.3. The maximum atomic E-state index is 13.9.